The summed E-state index contributed by atoms with van der Waals surface area (Å²) in [5.74, 6) is -0.209. The molecule has 0 saturated carbocycles. The Hall–Kier alpha value is -5.57. The standard InChI is InChI=1S/C18H16N4O2S.C17H18N4OS.C6H15N/c1-10-4-6-11(7-5-10)22-17(23)15-14(20-18(22)24)13-12(21(2)3)8-9-19-16(13)25-15;1-10-4-6-11(7-5-10)20-16(22)15-14(18)13-12(21(2)3)8-9-19-17(13)23-15;1-4-7(5-2)6-3/h4-9H,1-3H3,(H,20,24);4-9H,18H2,1-3H3,(H,20,22);4-6H2,1-3H3. The molecule has 0 atom stereocenters. The van der Waals surface area contributed by atoms with Crippen LogP contribution in [0.3, 0.4) is 0 Å². The van der Waals surface area contributed by atoms with Crippen LogP contribution in [0.25, 0.3) is 36.3 Å². The van der Waals surface area contributed by atoms with Crippen LogP contribution >= 0.6 is 22.7 Å². The number of carbonyl (C=O) groups excluding carboxylic acids is 1. The normalized spacial score (nSPS) is 10.9. The maximum Gasteiger partial charge on any atom is 0.333 e. The molecule has 5 heterocycles. The number of nitrogens with zero attached hydrogens (tertiary/aromatic N) is 6. The molecule has 0 aliphatic carbocycles. The summed E-state index contributed by atoms with van der Waals surface area (Å²) in [6, 6.07) is 18.7. The number of hydrogen-bond acceptors (Lipinski definition) is 11. The summed E-state index contributed by atoms with van der Waals surface area (Å²) in [6.45, 7) is 14.1. The van der Waals surface area contributed by atoms with Crippen molar-refractivity contribution in [2.75, 3.05) is 68.7 Å². The molecule has 0 saturated heterocycles. The van der Waals surface area contributed by atoms with Gasteiger partial charge in [0.25, 0.3) is 11.5 Å². The fraction of sp³-hybridized carbons (Fsp3) is 0.293. The minimum absolute atomic E-state index is 0.209. The van der Waals surface area contributed by atoms with Crippen molar-refractivity contribution >= 4 is 82.0 Å². The lowest BCUT2D eigenvalue weighted by atomic mass is 10.2. The van der Waals surface area contributed by atoms with Crippen molar-refractivity contribution in [3.63, 3.8) is 0 Å². The number of rotatable bonds is 8. The molecular formula is C41H49N9O3S2. The zero-order valence-electron chi connectivity index (χ0n) is 32.9. The van der Waals surface area contributed by atoms with Gasteiger partial charge in [0.2, 0.25) is 0 Å². The molecule has 0 unspecified atom stereocenters. The highest BCUT2D eigenvalue weighted by atomic mass is 32.1. The molecule has 7 aromatic rings. The molecule has 4 N–H and O–H groups in total. The van der Waals surface area contributed by atoms with Gasteiger partial charge in [-0.2, -0.15) is 0 Å². The molecule has 0 bridgehead atoms. The highest BCUT2D eigenvalue weighted by molar-refractivity contribution is 7.25. The number of aromatic nitrogens is 4. The van der Waals surface area contributed by atoms with Gasteiger partial charge in [0.05, 0.1) is 39.0 Å². The molecular weight excluding hydrogens is 731 g/mol. The van der Waals surface area contributed by atoms with E-state index < -0.39 is 5.69 Å². The molecule has 0 radical (unpaired) electrons. The number of nitrogen functional groups attached to an aromatic ring is 1. The van der Waals surface area contributed by atoms with Gasteiger partial charge in [-0.15, -0.1) is 22.7 Å². The summed E-state index contributed by atoms with van der Waals surface area (Å²) in [7, 11) is 7.73. The predicted octanol–water partition coefficient (Wildman–Crippen LogP) is 7.52. The van der Waals surface area contributed by atoms with E-state index in [1.807, 2.05) is 100 Å². The first kappa shape index (κ1) is 40.6. The van der Waals surface area contributed by atoms with Crippen molar-refractivity contribution in [2.24, 2.45) is 0 Å². The summed E-state index contributed by atoms with van der Waals surface area (Å²) >= 11 is 2.61. The zero-order valence-corrected chi connectivity index (χ0v) is 34.5. The highest BCUT2D eigenvalue weighted by Gasteiger charge is 2.21. The number of fused-ring (bicyclic) bond motifs is 4. The Balaban J connectivity index is 0.000000181. The fourth-order valence-electron chi connectivity index (χ4n) is 6.00. The van der Waals surface area contributed by atoms with E-state index in [9.17, 15) is 14.4 Å². The molecule has 12 nitrogen and oxygen atoms in total. The molecule has 7 rings (SSSR count). The highest BCUT2D eigenvalue weighted by Crippen LogP contribution is 2.38. The van der Waals surface area contributed by atoms with Crippen molar-refractivity contribution in [3.8, 4) is 5.69 Å². The number of H-pyrrole nitrogens is 1. The summed E-state index contributed by atoms with van der Waals surface area (Å²) in [5, 5.41) is 4.52. The van der Waals surface area contributed by atoms with Crippen LogP contribution in [0.4, 0.5) is 22.7 Å². The monoisotopic (exact) mass is 779 g/mol. The lowest BCUT2D eigenvalue weighted by molar-refractivity contribution is 0.103. The van der Waals surface area contributed by atoms with E-state index in [1.165, 1.54) is 46.9 Å². The first-order chi connectivity index (χ1) is 26.3. The van der Waals surface area contributed by atoms with E-state index in [0.29, 0.717) is 26.5 Å². The number of carbonyl (C=O) groups is 1. The smallest absolute Gasteiger partial charge is 0.333 e. The van der Waals surface area contributed by atoms with Gasteiger partial charge in [0, 0.05) is 46.3 Å². The van der Waals surface area contributed by atoms with Crippen LogP contribution in [0.5, 0.6) is 0 Å². The first-order valence-electron chi connectivity index (χ1n) is 18.0. The molecule has 14 heteroatoms. The summed E-state index contributed by atoms with van der Waals surface area (Å²) in [5.41, 5.74) is 11.9. The van der Waals surface area contributed by atoms with E-state index in [1.54, 1.807) is 24.5 Å². The number of nitrogens with two attached hydrogens (primary N) is 1. The second-order valence-corrected chi connectivity index (χ2v) is 15.3. The third-order valence-electron chi connectivity index (χ3n) is 9.12. The van der Waals surface area contributed by atoms with Gasteiger partial charge < -0.3 is 30.7 Å². The number of aryl methyl sites for hydroxylation is 2. The number of benzene rings is 2. The predicted molar refractivity (Wildman–Crippen MR) is 233 cm³/mol. The second-order valence-electron chi connectivity index (χ2n) is 13.3. The number of amides is 1. The van der Waals surface area contributed by atoms with Gasteiger partial charge in [0.1, 0.15) is 19.2 Å². The minimum Gasteiger partial charge on any atom is -0.397 e. The largest absolute Gasteiger partial charge is 0.397 e. The Morgan fingerprint density at radius 1 is 0.764 bits per heavy atom. The number of thiophene rings is 2. The molecule has 0 aliphatic heterocycles. The van der Waals surface area contributed by atoms with Crippen LogP contribution in [-0.2, 0) is 0 Å². The van der Waals surface area contributed by atoms with E-state index in [-0.39, 0.29) is 11.5 Å². The van der Waals surface area contributed by atoms with Crippen LogP contribution in [0.2, 0.25) is 0 Å². The number of anilines is 4. The van der Waals surface area contributed by atoms with Crippen LogP contribution in [0.15, 0.2) is 82.6 Å². The molecule has 5 aromatic heterocycles. The lowest BCUT2D eigenvalue weighted by Crippen LogP contribution is -2.33. The zero-order chi connectivity index (χ0) is 40.0. The SMILES string of the molecule is CCN(CC)CC.Cc1ccc(-n2c(=O)[nH]c3c(sc4nccc(N(C)C)c43)c2=O)cc1.Cc1ccc(NC(=O)c2sc3nccc(N(C)C)c3c2N)cc1. The van der Waals surface area contributed by atoms with E-state index in [0.717, 1.165) is 48.6 Å². The maximum atomic E-state index is 13.0. The summed E-state index contributed by atoms with van der Waals surface area (Å²) in [6.07, 6.45) is 3.44. The average molecular weight is 780 g/mol. The van der Waals surface area contributed by atoms with Crippen LogP contribution in [-0.4, -0.2) is 78.2 Å². The van der Waals surface area contributed by atoms with Crippen molar-refractivity contribution in [2.45, 2.75) is 34.6 Å². The van der Waals surface area contributed by atoms with Crippen LogP contribution in [0, 0.1) is 13.8 Å². The van der Waals surface area contributed by atoms with Crippen molar-refractivity contribution < 1.29 is 4.79 Å². The molecule has 0 fully saturated rings. The third kappa shape index (κ3) is 8.88. The van der Waals surface area contributed by atoms with Gasteiger partial charge in [-0.05, 0) is 69.9 Å². The van der Waals surface area contributed by atoms with Crippen LogP contribution in [0.1, 0.15) is 41.6 Å². The minimum atomic E-state index is -0.449. The third-order valence-corrected chi connectivity index (χ3v) is 11.3. The molecule has 2 aromatic carbocycles. The lowest BCUT2D eigenvalue weighted by Gasteiger charge is -2.13. The van der Waals surface area contributed by atoms with Crippen LogP contribution < -0.4 is 32.1 Å². The number of nitrogens with one attached hydrogen (secondary N) is 2. The van der Waals surface area contributed by atoms with Crippen molar-refractivity contribution in [3.05, 3.63) is 110 Å². The molecule has 288 valence electrons. The topological polar surface area (TPSA) is 145 Å². The van der Waals surface area contributed by atoms with Gasteiger partial charge in [0.15, 0.2) is 0 Å². The van der Waals surface area contributed by atoms with E-state index in [2.05, 4.69) is 45.9 Å². The Morgan fingerprint density at radius 3 is 1.78 bits per heavy atom. The average Bonchev–Trinajstić information content (AvgIpc) is 3.72. The fourth-order valence-corrected chi connectivity index (χ4v) is 8.03. The van der Waals surface area contributed by atoms with Gasteiger partial charge >= 0.3 is 5.69 Å². The van der Waals surface area contributed by atoms with E-state index >= 15 is 0 Å². The maximum absolute atomic E-state index is 13.0. The van der Waals surface area contributed by atoms with E-state index in [4.69, 9.17) is 5.73 Å². The molecule has 0 aliphatic rings. The summed E-state index contributed by atoms with van der Waals surface area (Å²) in [4.78, 5) is 58.0. The Morgan fingerprint density at radius 2 is 1.27 bits per heavy atom. The molecule has 1 amide bonds. The Kier molecular flexibility index (Phi) is 13.1. The Labute approximate surface area is 328 Å². The van der Waals surface area contributed by atoms with Crippen molar-refractivity contribution in [1.82, 2.24) is 24.4 Å². The van der Waals surface area contributed by atoms with Gasteiger partial charge in [-0.3, -0.25) is 9.59 Å². The van der Waals surface area contributed by atoms with Gasteiger partial charge in [-0.1, -0.05) is 56.2 Å². The molecule has 55 heavy (non-hydrogen) atoms. The second kappa shape index (κ2) is 17.7. The van der Waals surface area contributed by atoms with Crippen molar-refractivity contribution in [1.29, 1.82) is 0 Å². The summed E-state index contributed by atoms with van der Waals surface area (Å²) < 4.78 is 1.67. The number of aromatic amines is 1. The molecule has 0 spiro atoms. The number of hydrogen-bond donors (Lipinski definition) is 3. The Bertz CT molecular complexity index is 2520. The quantitative estimate of drug-likeness (QED) is 0.143. The number of pyridine rings is 2. The first-order valence-corrected chi connectivity index (χ1v) is 19.7. The van der Waals surface area contributed by atoms with Gasteiger partial charge in [-0.25, -0.2) is 19.3 Å².